The summed E-state index contributed by atoms with van der Waals surface area (Å²) >= 11 is 1.30. The number of amides is 1. The molecule has 31 heavy (non-hydrogen) atoms. The molecule has 12 heteroatoms. The van der Waals surface area contributed by atoms with Crippen LogP contribution in [-0.2, 0) is 20.7 Å². The Labute approximate surface area is 182 Å². The van der Waals surface area contributed by atoms with Gasteiger partial charge in [0.1, 0.15) is 24.8 Å². The minimum absolute atomic E-state index is 0.0905. The molecule has 162 valence electrons. The Morgan fingerprint density at radius 3 is 2.97 bits per heavy atom. The first kappa shape index (κ1) is 20.8. The quantitative estimate of drug-likeness (QED) is 0.541. The second kappa shape index (κ2) is 9.60. The van der Waals surface area contributed by atoms with Crippen LogP contribution in [0.4, 0.5) is 10.9 Å². The topological polar surface area (TPSA) is 128 Å². The third-order valence-electron chi connectivity index (χ3n) is 4.82. The van der Waals surface area contributed by atoms with Gasteiger partial charge in [0.05, 0.1) is 24.6 Å². The summed E-state index contributed by atoms with van der Waals surface area (Å²) in [5, 5.41) is 9.21. The molecule has 1 unspecified atom stereocenters. The molecule has 4 heterocycles. The first-order chi connectivity index (χ1) is 15.1. The number of esters is 1. The van der Waals surface area contributed by atoms with Gasteiger partial charge >= 0.3 is 5.97 Å². The fourth-order valence-electron chi connectivity index (χ4n) is 3.37. The Kier molecular flexibility index (Phi) is 6.46. The van der Waals surface area contributed by atoms with Crippen LogP contribution in [0.3, 0.4) is 0 Å². The minimum Gasteiger partial charge on any atom is -0.466 e. The lowest BCUT2D eigenvalue weighted by Gasteiger charge is -2.32. The number of carbonyl (C=O) groups is 2. The molecule has 1 aliphatic rings. The molecule has 11 nitrogen and oxygen atoms in total. The van der Waals surface area contributed by atoms with E-state index < -0.39 is 0 Å². The molecule has 1 aliphatic heterocycles. The van der Waals surface area contributed by atoms with E-state index >= 15 is 0 Å². The summed E-state index contributed by atoms with van der Waals surface area (Å²) in [6, 6.07) is 1.83. The molecule has 0 radical (unpaired) electrons. The van der Waals surface area contributed by atoms with Gasteiger partial charge in [0.25, 0.3) is 0 Å². The van der Waals surface area contributed by atoms with Gasteiger partial charge < -0.3 is 15.0 Å². The molecule has 3 aromatic heterocycles. The largest absolute Gasteiger partial charge is 0.466 e. The molecular formula is C19H22N8O3S. The van der Waals surface area contributed by atoms with Gasteiger partial charge in [-0.2, -0.15) is 5.10 Å². The van der Waals surface area contributed by atoms with Crippen molar-refractivity contribution >= 4 is 34.2 Å². The Morgan fingerprint density at radius 1 is 1.29 bits per heavy atom. The summed E-state index contributed by atoms with van der Waals surface area (Å²) in [5.41, 5.74) is 0.589. The van der Waals surface area contributed by atoms with Crippen LogP contribution in [0, 0.1) is 5.92 Å². The molecule has 1 atom stereocenters. The molecular weight excluding hydrogens is 420 g/mol. The molecule has 0 aromatic carbocycles. The van der Waals surface area contributed by atoms with Crippen molar-refractivity contribution in [1.82, 2.24) is 29.7 Å². The second-order valence-corrected chi connectivity index (χ2v) is 7.83. The van der Waals surface area contributed by atoms with E-state index in [2.05, 4.69) is 35.3 Å². The van der Waals surface area contributed by atoms with Crippen LogP contribution in [0.15, 0.2) is 30.4 Å². The molecule has 0 spiro atoms. The zero-order chi connectivity index (χ0) is 21.6. The highest BCUT2D eigenvalue weighted by atomic mass is 32.1. The number of nitrogens with zero attached hydrogens (tertiary/aromatic N) is 7. The van der Waals surface area contributed by atoms with Gasteiger partial charge in [-0.05, 0) is 19.8 Å². The van der Waals surface area contributed by atoms with Crippen LogP contribution in [0.2, 0.25) is 0 Å². The van der Waals surface area contributed by atoms with E-state index in [1.807, 2.05) is 6.07 Å². The molecule has 3 aromatic rings. The number of ether oxygens (including phenoxy) is 1. The third kappa shape index (κ3) is 5.20. The van der Waals surface area contributed by atoms with Crippen molar-refractivity contribution < 1.29 is 14.3 Å². The van der Waals surface area contributed by atoms with E-state index in [4.69, 9.17) is 4.74 Å². The average Bonchev–Trinajstić information content (AvgIpc) is 3.47. The van der Waals surface area contributed by atoms with E-state index in [0.717, 1.165) is 25.2 Å². The van der Waals surface area contributed by atoms with Crippen LogP contribution in [-0.4, -0.2) is 61.3 Å². The summed E-state index contributed by atoms with van der Waals surface area (Å²) in [6.07, 6.45) is 6.25. The SMILES string of the molecule is CCOC(=O)Cc1csc(NC(=O)C2CCCN(c3cc(-n4cncn4)ncn3)C2)n1. The summed E-state index contributed by atoms with van der Waals surface area (Å²) in [6.45, 7) is 3.44. The van der Waals surface area contributed by atoms with Crippen molar-refractivity contribution in [3.8, 4) is 5.82 Å². The van der Waals surface area contributed by atoms with Crippen LogP contribution in [0.1, 0.15) is 25.5 Å². The highest BCUT2D eigenvalue weighted by molar-refractivity contribution is 7.13. The fraction of sp³-hybridized carbons (Fsp3) is 0.421. The third-order valence-corrected chi connectivity index (χ3v) is 5.63. The molecule has 1 fully saturated rings. The van der Waals surface area contributed by atoms with Gasteiger partial charge in [0.15, 0.2) is 10.9 Å². The van der Waals surface area contributed by atoms with Gasteiger partial charge in [-0.1, -0.05) is 0 Å². The van der Waals surface area contributed by atoms with E-state index in [1.165, 1.54) is 24.0 Å². The summed E-state index contributed by atoms with van der Waals surface area (Å²) in [4.78, 5) is 43.3. The van der Waals surface area contributed by atoms with Crippen molar-refractivity contribution in [1.29, 1.82) is 0 Å². The number of thiazole rings is 1. The first-order valence-electron chi connectivity index (χ1n) is 9.95. The lowest BCUT2D eigenvalue weighted by Crippen LogP contribution is -2.41. The smallest absolute Gasteiger partial charge is 0.311 e. The Morgan fingerprint density at radius 2 is 2.16 bits per heavy atom. The number of hydrogen-bond donors (Lipinski definition) is 1. The standard InChI is InChI=1S/C19H22N8O3S/c1-2-30-17(28)6-14-9-31-19(24-14)25-18(29)13-4-3-5-26(8-13)15-7-16(22-11-21-15)27-12-20-10-23-27/h7,9-13H,2-6,8H2,1H3,(H,24,25,29). The predicted octanol–water partition coefficient (Wildman–Crippen LogP) is 1.47. The Balaban J connectivity index is 1.38. The van der Waals surface area contributed by atoms with Crippen LogP contribution < -0.4 is 10.2 Å². The molecule has 0 aliphatic carbocycles. The van der Waals surface area contributed by atoms with Gasteiger partial charge in [-0.25, -0.2) is 24.6 Å². The molecule has 4 rings (SSSR count). The average molecular weight is 443 g/mol. The van der Waals surface area contributed by atoms with Crippen molar-refractivity contribution in [2.24, 2.45) is 5.92 Å². The van der Waals surface area contributed by atoms with Gasteiger partial charge in [0, 0.05) is 24.5 Å². The lowest BCUT2D eigenvalue weighted by molar-refractivity contribution is -0.142. The predicted molar refractivity (Wildman–Crippen MR) is 113 cm³/mol. The first-order valence-corrected chi connectivity index (χ1v) is 10.8. The van der Waals surface area contributed by atoms with Gasteiger partial charge in [0.2, 0.25) is 5.91 Å². The number of anilines is 2. The summed E-state index contributed by atoms with van der Waals surface area (Å²) in [7, 11) is 0. The normalized spacial score (nSPS) is 16.2. The Bertz CT molecular complexity index is 1040. The molecule has 1 saturated heterocycles. The second-order valence-electron chi connectivity index (χ2n) is 6.97. The number of rotatable bonds is 7. The Hall–Kier alpha value is -3.41. The van der Waals surface area contributed by atoms with Crippen molar-refractivity contribution in [3.63, 3.8) is 0 Å². The lowest BCUT2D eigenvalue weighted by atomic mass is 9.97. The van der Waals surface area contributed by atoms with Crippen LogP contribution in [0.5, 0.6) is 0 Å². The van der Waals surface area contributed by atoms with E-state index in [0.29, 0.717) is 29.8 Å². The monoisotopic (exact) mass is 442 g/mol. The molecule has 0 saturated carbocycles. The summed E-state index contributed by atoms with van der Waals surface area (Å²) in [5.74, 6) is 0.738. The maximum atomic E-state index is 12.8. The zero-order valence-corrected chi connectivity index (χ0v) is 17.8. The maximum absolute atomic E-state index is 12.8. The van der Waals surface area contributed by atoms with E-state index in [1.54, 1.807) is 23.3 Å². The highest BCUT2D eigenvalue weighted by Crippen LogP contribution is 2.24. The summed E-state index contributed by atoms with van der Waals surface area (Å²) < 4.78 is 6.50. The van der Waals surface area contributed by atoms with Crippen LogP contribution >= 0.6 is 11.3 Å². The zero-order valence-electron chi connectivity index (χ0n) is 17.0. The fourth-order valence-corrected chi connectivity index (χ4v) is 4.09. The van der Waals surface area contributed by atoms with Crippen LogP contribution in [0.25, 0.3) is 5.82 Å². The number of hydrogen-bond acceptors (Lipinski definition) is 10. The van der Waals surface area contributed by atoms with Crippen molar-refractivity contribution in [3.05, 3.63) is 36.1 Å². The van der Waals surface area contributed by atoms with Crippen molar-refractivity contribution in [2.45, 2.75) is 26.2 Å². The number of piperidine rings is 1. The van der Waals surface area contributed by atoms with E-state index in [9.17, 15) is 9.59 Å². The molecule has 0 bridgehead atoms. The number of carbonyl (C=O) groups excluding carboxylic acids is 2. The van der Waals surface area contributed by atoms with Crippen molar-refractivity contribution in [2.75, 3.05) is 29.9 Å². The van der Waals surface area contributed by atoms with Gasteiger partial charge in [-0.3, -0.25) is 9.59 Å². The number of nitrogens with one attached hydrogen (secondary N) is 1. The molecule has 1 N–H and O–H groups in total. The van der Waals surface area contributed by atoms with Gasteiger partial charge in [-0.15, -0.1) is 11.3 Å². The minimum atomic E-state index is -0.330. The highest BCUT2D eigenvalue weighted by Gasteiger charge is 2.27. The molecule has 1 amide bonds. The number of aromatic nitrogens is 6. The van der Waals surface area contributed by atoms with E-state index in [-0.39, 0.29) is 24.2 Å². The maximum Gasteiger partial charge on any atom is 0.311 e.